The highest BCUT2D eigenvalue weighted by Gasteiger charge is 2.30. The van der Waals surface area contributed by atoms with Crippen LogP contribution in [-0.2, 0) is 14.6 Å². The van der Waals surface area contributed by atoms with Crippen molar-refractivity contribution in [2.75, 3.05) is 6.54 Å². The van der Waals surface area contributed by atoms with Crippen LogP contribution in [-0.4, -0.2) is 25.9 Å². The fourth-order valence-electron chi connectivity index (χ4n) is 1.94. The average Bonchev–Trinajstić information content (AvgIpc) is 3.03. The minimum Gasteiger partial charge on any atom is -0.354 e. The molecule has 0 aliphatic carbocycles. The Bertz CT molecular complexity index is 711. The van der Waals surface area contributed by atoms with Gasteiger partial charge in [-0.15, -0.1) is 11.3 Å². The lowest BCUT2D eigenvalue weighted by atomic mass is 10.2. The molecule has 1 N–H and O–H groups in total. The molecule has 22 heavy (non-hydrogen) atoms. The van der Waals surface area contributed by atoms with Gasteiger partial charge in [-0.1, -0.05) is 26.0 Å². The fourth-order valence-corrected chi connectivity index (χ4v) is 4.79. The first-order valence-electron chi connectivity index (χ1n) is 6.88. The smallest absolute Gasteiger partial charge is 0.222 e. The Kier molecular flexibility index (Phi) is 5.31. The van der Waals surface area contributed by atoms with Crippen LogP contribution in [0.4, 0.5) is 0 Å². The van der Waals surface area contributed by atoms with Gasteiger partial charge in [0, 0.05) is 24.9 Å². The second-order valence-electron chi connectivity index (χ2n) is 5.15. The van der Waals surface area contributed by atoms with Gasteiger partial charge in [0.1, 0.15) is 9.46 Å². The number of aromatic nitrogens is 1. The van der Waals surface area contributed by atoms with Gasteiger partial charge in [0.25, 0.3) is 0 Å². The van der Waals surface area contributed by atoms with E-state index in [0.29, 0.717) is 9.77 Å². The van der Waals surface area contributed by atoms with E-state index in [1.54, 1.807) is 49.7 Å². The monoisotopic (exact) mass is 338 g/mol. The molecule has 0 fully saturated rings. The van der Waals surface area contributed by atoms with Crippen molar-refractivity contribution in [2.24, 2.45) is 5.92 Å². The molecule has 2 aromatic heterocycles. The van der Waals surface area contributed by atoms with Gasteiger partial charge in [0.2, 0.25) is 5.91 Å². The van der Waals surface area contributed by atoms with Crippen molar-refractivity contribution in [3.05, 3.63) is 47.6 Å². The minimum atomic E-state index is -3.57. The molecule has 0 radical (unpaired) electrons. The van der Waals surface area contributed by atoms with Crippen LogP contribution in [0.2, 0.25) is 0 Å². The van der Waals surface area contributed by atoms with Crippen molar-refractivity contribution >= 4 is 27.1 Å². The Morgan fingerprint density at radius 3 is 2.64 bits per heavy atom. The van der Waals surface area contributed by atoms with Crippen LogP contribution in [0.3, 0.4) is 0 Å². The van der Waals surface area contributed by atoms with E-state index in [9.17, 15) is 13.2 Å². The number of carbonyl (C=O) groups excluding carboxylic acids is 1. The van der Waals surface area contributed by atoms with E-state index in [-0.39, 0.29) is 18.4 Å². The number of thiophene rings is 1. The third kappa shape index (κ3) is 3.72. The lowest BCUT2D eigenvalue weighted by molar-refractivity contribution is -0.123. The zero-order chi connectivity index (χ0) is 16.2. The van der Waals surface area contributed by atoms with E-state index in [4.69, 9.17) is 0 Å². The predicted octanol–water partition coefficient (Wildman–Crippen LogP) is 2.43. The largest absolute Gasteiger partial charge is 0.354 e. The number of amides is 1. The Labute approximate surface area is 134 Å². The number of pyridine rings is 1. The summed E-state index contributed by atoms with van der Waals surface area (Å²) in [6, 6.07) is 6.68. The van der Waals surface area contributed by atoms with Crippen molar-refractivity contribution < 1.29 is 13.2 Å². The maximum Gasteiger partial charge on any atom is 0.222 e. The molecular weight excluding hydrogens is 320 g/mol. The second-order valence-corrected chi connectivity index (χ2v) is 8.46. The number of rotatable bonds is 6. The van der Waals surface area contributed by atoms with E-state index >= 15 is 0 Å². The van der Waals surface area contributed by atoms with Crippen LogP contribution in [0.5, 0.6) is 0 Å². The summed E-state index contributed by atoms with van der Waals surface area (Å²) in [6.45, 7) is 3.56. The molecule has 0 bridgehead atoms. The van der Waals surface area contributed by atoms with Gasteiger partial charge in [-0.05, 0) is 23.1 Å². The summed E-state index contributed by atoms with van der Waals surface area (Å²) in [5.41, 5.74) is 0.569. The molecule has 2 heterocycles. The lowest BCUT2D eigenvalue weighted by Crippen LogP contribution is -2.34. The highest BCUT2D eigenvalue weighted by molar-refractivity contribution is 7.93. The molecule has 1 unspecified atom stereocenters. The summed E-state index contributed by atoms with van der Waals surface area (Å²) in [5.74, 6) is -0.366. The third-order valence-corrected chi connectivity index (χ3v) is 6.72. The van der Waals surface area contributed by atoms with Crippen molar-refractivity contribution in [3.8, 4) is 0 Å². The van der Waals surface area contributed by atoms with E-state index in [1.165, 1.54) is 17.5 Å². The van der Waals surface area contributed by atoms with Gasteiger partial charge >= 0.3 is 0 Å². The van der Waals surface area contributed by atoms with Gasteiger partial charge in [0.15, 0.2) is 9.84 Å². The van der Waals surface area contributed by atoms with Crippen LogP contribution in [0, 0.1) is 5.92 Å². The standard InChI is InChI=1S/C15H18N2O3S2/c1-11(2)15(18)17-10-13(12-5-3-7-16-9-12)22(19,20)14-6-4-8-21-14/h3-9,11,13H,10H2,1-2H3,(H,17,18). The van der Waals surface area contributed by atoms with Crippen LogP contribution in [0.1, 0.15) is 24.7 Å². The molecule has 2 rings (SSSR count). The van der Waals surface area contributed by atoms with E-state index in [1.807, 2.05) is 0 Å². The molecule has 2 aromatic rings. The molecule has 0 spiro atoms. The van der Waals surface area contributed by atoms with Crippen LogP contribution in [0.25, 0.3) is 0 Å². The Morgan fingerprint density at radius 2 is 2.09 bits per heavy atom. The molecule has 118 valence electrons. The fraction of sp³-hybridized carbons (Fsp3) is 0.333. The summed E-state index contributed by atoms with van der Waals surface area (Å²) in [7, 11) is -3.57. The van der Waals surface area contributed by atoms with Gasteiger partial charge in [-0.25, -0.2) is 8.42 Å². The molecule has 0 saturated carbocycles. The lowest BCUT2D eigenvalue weighted by Gasteiger charge is -2.18. The number of nitrogens with zero attached hydrogens (tertiary/aromatic N) is 1. The third-order valence-electron chi connectivity index (χ3n) is 3.19. The molecule has 0 aliphatic heterocycles. The molecular formula is C15H18N2O3S2. The number of hydrogen-bond acceptors (Lipinski definition) is 5. The summed E-state index contributed by atoms with van der Waals surface area (Å²) < 4.78 is 25.9. The highest BCUT2D eigenvalue weighted by Crippen LogP contribution is 2.30. The molecule has 0 aromatic carbocycles. The molecule has 5 nitrogen and oxygen atoms in total. The summed E-state index contributed by atoms with van der Waals surface area (Å²) in [4.78, 5) is 15.8. The van der Waals surface area contributed by atoms with E-state index < -0.39 is 15.1 Å². The molecule has 1 atom stereocenters. The minimum absolute atomic E-state index is 0.0307. The summed E-state index contributed by atoms with van der Waals surface area (Å²) in [6.07, 6.45) is 3.11. The zero-order valence-corrected chi connectivity index (χ0v) is 14.0. The van der Waals surface area contributed by atoms with E-state index in [0.717, 1.165) is 0 Å². The van der Waals surface area contributed by atoms with Crippen LogP contribution in [0.15, 0.2) is 46.2 Å². The quantitative estimate of drug-likeness (QED) is 0.877. The first kappa shape index (κ1) is 16.6. The number of carbonyl (C=O) groups is 1. The first-order valence-corrected chi connectivity index (χ1v) is 9.30. The second kappa shape index (κ2) is 7.02. The SMILES string of the molecule is CC(C)C(=O)NCC(c1cccnc1)S(=O)(=O)c1cccs1. The molecule has 0 aliphatic rings. The normalized spacial score (nSPS) is 13.0. The molecule has 0 saturated heterocycles. The zero-order valence-electron chi connectivity index (χ0n) is 12.4. The Morgan fingerprint density at radius 1 is 1.32 bits per heavy atom. The van der Waals surface area contributed by atoms with Gasteiger partial charge in [-0.2, -0.15) is 0 Å². The number of sulfone groups is 1. The van der Waals surface area contributed by atoms with Crippen LogP contribution >= 0.6 is 11.3 Å². The van der Waals surface area contributed by atoms with Gasteiger partial charge in [0.05, 0.1) is 0 Å². The van der Waals surface area contributed by atoms with Gasteiger partial charge in [-0.3, -0.25) is 9.78 Å². The number of nitrogens with one attached hydrogen (secondary N) is 1. The molecule has 7 heteroatoms. The summed E-state index contributed by atoms with van der Waals surface area (Å²) >= 11 is 1.17. The van der Waals surface area contributed by atoms with Crippen LogP contribution < -0.4 is 5.32 Å². The van der Waals surface area contributed by atoms with E-state index in [2.05, 4.69) is 10.3 Å². The van der Waals surface area contributed by atoms with Gasteiger partial charge < -0.3 is 5.32 Å². The summed E-state index contributed by atoms with van der Waals surface area (Å²) in [5, 5.41) is 3.58. The van der Waals surface area contributed by atoms with Crippen molar-refractivity contribution in [1.29, 1.82) is 0 Å². The Hall–Kier alpha value is -1.73. The maximum atomic E-state index is 12.8. The number of hydrogen-bond donors (Lipinski definition) is 1. The predicted molar refractivity (Wildman–Crippen MR) is 86.3 cm³/mol. The topological polar surface area (TPSA) is 76.1 Å². The average molecular weight is 338 g/mol. The first-order chi connectivity index (χ1) is 10.4. The van der Waals surface area contributed by atoms with Crippen molar-refractivity contribution in [1.82, 2.24) is 10.3 Å². The Balaban J connectivity index is 2.32. The maximum absolute atomic E-state index is 12.8. The molecule has 1 amide bonds. The highest BCUT2D eigenvalue weighted by atomic mass is 32.2. The van der Waals surface area contributed by atoms with Crippen molar-refractivity contribution in [3.63, 3.8) is 0 Å². The van der Waals surface area contributed by atoms with Crippen molar-refractivity contribution in [2.45, 2.75) is 23.3 Å².